The van der Waals surface area contributed by atoms with Gasteiger partial charge in [-0.2, -0.15) is 0 Å². The zero-order valence-corrected chi connectivity index (χ0v) is 16.1. The first-order valence-electron chi connectivity index (χ1n) is 9.61. The third kappa shape index (κ3) is 3.47. The highest BCUT2D eigenvalue weighted by molar-refractivity contribution is 6.42. The molecule has 0 amide bonds. The van der Waals surface area contributed by atoms with E-state index in [0.717, 1.165) is 11.1 Å². The van der Waals surface area contributed by atoms with E-state index in [-0.39, 0.29) is 0 Å². The number of hydrogen-bond acceptors (Lipinski definition) is 4. The summed E-state index contributed by atoms with van der Waals surface area (Å²) in [5, 5.41) is 11.1. The molecule has 1 saturated carbocycles. The van der Waals surface area contributed by atoms with Crippen LogP contribution in [0.4, 0.5) is 0 Å². The number of aliphatic hydroxyl groups excluding tert-OH is 1. The maximum absolute atomic E-state index is 13.1. The molecule has 0 radical (unpaired) electrons. The third-order valence-electron chi connectivity index (χ3n) is 5.71. The summed E-state index contributed by atoms with van der Waals surface area (Å²) in [5.74, 6) is -2.20. The van der Waals surface area contributed by atoms with Crippen molar-refractivity contribution >= 4 is 11.6 Å². The maximum Gasteiger partial charge on any atom is 0.206 e. The van der Waals surface area contributed by atoms with Gasteiger partial charge in [-0.25, -0.2) is 0 Å². The predicted molar refractivity (Wildman–Crippen MR) is 110 cm³/mol. The number of benzene rings is 3. The van der Waals surface area contributed by atoms with Gasteiger partial charge in [-0.3, -0.25) is 9.59 Å². The van der Waals surface area contributed by atoms with Crippen LogP contribution in [-0.4, -0.2) is 23.8 Å². The van der Waals surface area contributed by atoms with Crippen molar-refractivity contribution in [1.29, 1.82) is 0 Å². The quantitative estimate of drug-likeness (QED) is 0.672. The number of carbonyl (C=O) groups excluding carboxylic acids is 2. The number of ketones is 2. The van der Waals surface area contributed by atoms with Gasteiger partial charge >= 0.3 is 0 Å². The smallest absolute Gasteiger partial charge is 0.206 e. The van der Waals surface area contributed by atoms with Gasteiger partial charge in [0.1, 0.15) is 5.75 Å². The molecule has 146 valence electrons. The summed E-state index contributed by atoms with van der Waals surface area (Å²) in [6.07, 6.45) is -1.06. The van der Waals surface area contributed by atoms with Gasteiger partial charge in [0.05, 0.1) is 25.0 Å². The lowest BCUT2D eigenvalue weighted by Gasteiger charge is -2.27. The first-order valence-corrected chi connectivity index (χ1v) is 9.61. The highest BCUT2D eigenvalue weighted by Crippen LogP contribution is 2.50. The Bertz CT molecular complexity index is 996. The average Bonchev–Trinajstić information content (AvgIpc) is 3.05. The van der Waals surface area contributed by atoms with E-state index in [0.29, 0.717) is 11.3 Å². The fourth-order valence-electron chi connectivity index (χ4n) is 4.29. The van der Waals surface area contributed by atoms with E-state index in [2.05, 4.69) is 0 Å². The molecule has 0 saturated heterocycles. The van der Waals surface area contributed by atoms with E-state index in [1.54, 1.807) is 19.2 Å². The number of hydrogen-bond donors (Lipinski definition) is 1. The monoisotopic (exact) mass is 386 g/mol. The molecule has 1 N–H and O–H groups in total. The SMILES string of the molecule is COc1ccc(C2C(c3ccccc3)C(=O)C(=O)C2C(O)c2ccccc2)cc1. The lowest BCUT2D eigenvalue weighted by Crippen LogP contribution is -2.24. The number of carbonyl (C=O) groups is 2. The minimum absolute atomic E-state index is 0.447. The van der Waals surface area contributed by atoms with Crippen LogP contribution in [0.1, 0.15) is 34.6 Å². The molecule has 29 heavy (non-hydrogen) atoms. The van der Waals surface area contributed by atoms with Gasteiger partial charge in [0.15, 0.2) is 0 Å². The molecule has 3 aromatic carbocycles. The molecule has 0 bridgehead atoms. The summed E-state index contributed by atoms with van der Waals surface area (Å²) in [5.41, 5.74) is 2.25. The lowest BCUT2D eigenvalue weighted by atomic mass is 9.76. The molecule has 4 unspecified atom stereocenters. The number of ether oxygens (including phenoxy) is 1. The number of methoxy groups -OCH3 is 1. The molecule has 4 rings (SSSR count). The molecule has 0 aromatic heterocycles. The first kappa shape index (κ1) is 19.1. The Morgan fingerprint density at radius 2 is 1.34 bits per heavy atom. The zero-order chi connectivity index (χ0) is 20.4. The second-order valence-electron chi connectivity index (χ2n) is 7.30. The molecule has 4 heteroatoms. The van der Waals surface area contributed by atoms with Crippen LogP contribution >= 0.6 is 0 Å². The minimum Gasteiger partial charge on any atom is -0.497 e. The second kappa shape index (κ2) is 8.02. The Hall–Kier alpha value is -3.24. The van der Waals surface area contributed by atoms with E-state index < -0.39 is 35.4 Å². The van der Waals surface area contributed by atoms with E-state index in [4.69, 9.17) is 4.74 Å². The summed E-state index contributed by atoms with van der Waals surface area (Å²) in [6.45, 7) is 0. The van der Waals surface area contributed by atoms with Crippen molar-refractivity contribution in [2.45, 2.75) is 17.9 Å². The van der Waals surface area contributed by atoms with Gasteiger partial charge in [0, 0.05) is 5.92 Å². The highest BCUT2D eigenvalue weighted by atomic mass is 16.5. The molecular weight excluding hydrogens is 364 g/mol. The summed E-state index contributed by atoms with van der Waals surface area (Å²) in [6, 6.07) is 25.8. The van der Waals surface area contributed by atoms with Gasteiger partial charge < -0.3 is 9.84 Å². The molecule has 3 aromatic rings. The number of rotatable bonds is 5. The van der Waals surface area contributed by atoms with Gasteiger partial charge in [0.2, 0.25) is 11.6 Å². The van der Waals surface area contributed by atoms with Crippen LogP contribution in [0.25, 0.3) is 0 Å². The minimum atomic E-state index is -1.06. The first-order chi connectivity index (χ1) is 14.1. The van der Waals surface area contributed by atoms with Crippen molar-refractivity contribution in [2.75, 3.05) is 7.11 Å². The molecular formula is C25H22O4. The van der Waals surface area contributed by atoms with Gasteiger partial charge in [-0.15, -0.1) is 0 Å². The van der Waals surface area contributed by atoms with Crippen LogP contribution < -0.4 is 4.74 Å². The van der Waals surface area contributed by atoms with Crippen molar-refractivity contribution in [1.82, 2.24) is 0 Å². The van der Waals surface area contributed by atoms with Crippen LogP contribution in [0.2, 0.25) is 0 Å². The van der Waals surface area contributed by atoms with Crippen LogP contribution in [0.3, 0.4) is 0 Å². The van der Waals surface area contributed by atoms with Gasteiger partial charge in [-0.1, -0.05) is 72.8 Å². The largest absolute Gasteiger partial charge is 0.497 e. The molecule has 0 aliphatic heterocycles. The summed E-state index contributed by atoms with van der Waals surface area (Å²) >= 11 is 0. The second-order valence-corrected chi connectivity index (χ2v) is 7.30. The standard InChI is InChI=1S/C25H22O4/c1-29-19-14-12-17(13-15-19)20-21(16-8-4-2-5-9-16)24(27)25(28)22(20)23(26)18-10-6-3-7-11-18/h2-15,20-23,26H,1H3. The van der Waals surface area contributed by atoms with Crippen molar-refractivity contribution in [3.63, 3.8) is 0 Å². The van der Waals surface area contributed by atoms with Crippen molar-refractivity contribution in [3.8, 4) is 5.75 Å². The van der Waals surface area contributed by atoms with Crippen LogP contribution in [-0.2, 0) is 9.59 Å². The Morgan fingerprint density at radius 3 is 1.93 bits per heavy atom. The van der Waals surface area contributed by atoms with Gasteiger partial charge in [-0.05, 0) is 28.8 Å². The average molecular weight is 386 g/mol. The van der Waals surface area contributed by atoms with Crippen LogP contribution in [0.5, 0.6) is 5.75 Å². The third-order valence-corrected chi connectivity index (χ3v) is 5.71. The fourth-order valence-corrected chi connectivity index (χ4v) is 4.29. The fraction of sp³-hybridized carbons (Fsp3) is 0.200. The van der Waals surface area contributed by atoms with E-state index in [9.17, 15) is 14.7 Å². The topological polar surface area (TPSA) is 63.6 Å². The van der Waals surface area contributed by atoms with E-state index in [1.807, 2.05) is 72.8 Å². The lowest BCUT2D eigenvalue weighted by molar-refractivity contribution is -0.137. The van der Waals surface area contributed by atoms with Crippen molar-refractivity contribution < 1.29 is 19.4 Å². The molecule has 1 fully saturated rings. The molecule has 1 aliphatic carbocycles. The Balaban J connectivity index is 1.83. The van der Waals surface area contributed by atoms with Crippen LogP contribution in [0, 0.1) is 5.92 Å². The molecule has 4 atom stereocenters. The normalized spacial score (nSPS) is 22.5. The summed E-state index contributed by atoms with van der Waals surface area (Å²) in [7, 11) is 1.59. The van der Waals surface area contributed by atoms with Crippen molar-refractivity contribution in [3.05, 3.63) is 102 Å². The van der Waals surface area contributed by atoms with Crippen LogP contribution in [0.15, 0.2) is 84.9 Å². The number of aliphatic hydroxyl groups is 1. The van der Waals surface area contributed by atoms with Gasteiger partial charge in [0.25, 0.3) is 0 Å². The Kier molecular flexibility index (Phi) is 5.28. The van der Waals surface area contributed by atoms with E-state index in [1.165, 1.54) is 0 Å². The number of Topliss-reactive ketones (excluding diaryl/α,β-unsaturated/α-hetero) is 2. The highest BCUT2D eigenvalue weighted by Gasteiger charge is 2.53. The molecule has 4 nitrogen and oxygen atoms in total. The van der Waals surface area contributed by atoms with E-state index >= 15 is 0 Å². The van der Waals surface area contributed by atoms with Crippen molar-refractivity contribution in [2.24, 2.45) is 5.92 Å². The molecule has 0 heterocycles. The Labute approximate surface area is 169 Å². The zero-order valence-electron chi connectivity index (χ0n) is 16.1. The summed E-state index contributed by atoms with van der Waals surface area (Å²) in [4.78, 5) is 26.1. The molecule has 1 aliphatic rings. The molecule has 0 spiro atoms. The summed E-state index contributed by atoms with van der Waals surface area (Å²) < 4.78 is 5.25. The Morgan fingerprint density at radius 1 is 0.759 bits per heavy atom. The predicted octanol–water partition coefficient (Wildman–Crippen LogP) is 4.06. The maximum atomic E-state index is 13.1.